The zero-order valence-corrected chi connectivity index (χ0v) is 7.78. The van der Waals surface area contributed by atoms with Crippen LogP contribution in [0.25, 0.3) is 0 Å². The Kier molecular flexibility index (Phi) is 3.00. The van der Waals surface area contributed by atoms with Crippen molar-refractivity contribution in [2.45, 2.75) is 25.5 Å². The molecule has 2 amide bonds. The summed E-state index contributed by atoms with van der Waals surface area (Å²) in [4.78, 5) is 23.4. The van der Waals surface area contributed by atoms with Gasteiger partial charge < -0.3 is 10.4 Å². The molecule has 1 aliphatic heterocycles. The van der Waals surface area contributed by atoms with Gasteiger partial charge in [-0.05, 0) is 6.92 Å². The topological polar surface area (TPSA) is 69.6 Å². The largest absolute Gasteiger partial charge is 0.392 e. The first-order chi connectivity index (χ1) is 6.02. The molecule has 0 saturated carbocycles. The second-order valence-electron chi connectivity index (χ2n) is 3.30. The van der Waals surface area contributed by atoms with E-state index in [4.69, 9.17) is 5.11 Å². The molecule has 74 valence electrons. The van der Waals surface area contributed by atoms with Crippen LogP contribution in [0.2, 0.25) is 0 Å². The van der Waals surface area contributed by atoms with Gasteiger partial charge in [-0.15, -0.1) is 0 Å². The number of carbonyl (C=O) groups excluding carboxylic acids is 2. The van der Waals surface area contributed by atoms with Crippen LogP contribution >= 0.6 is 0 Å². The Morgan fingerprint density at radius 2 is 2.31 bits per heavy atom. The van der Waals surface area contributed by atoms with Crippen molar-refractivity contribution in [3.8, 4) is 0 Å². The second kappa shape index (κ2) is 3.85. The number of nitrogens with zero attached hydrogens (tertiary/aromatic N) is 1. The summed E-state index contributed by atoms with van der Waals surface area (Å²) in [5.74, 6) is -0.390. The predicted molar refractivity (Wildman–Crippen MR) is 45.9 cm³/mol. The highest BCUT2D eigenvalue weighted by Gasteiger charge is 2.35. The number of nitrogens with one attached hydrogen (secondary N) is 1. The van der Waals surface area contributed by atoms with Crippen molar-refractivity contribution in [1.29, 1.82) is 0 Å². The molecule has 0 spiro atoms. The molecule has 1 aliphatic rings. The van der Waals surface area contributed by atoms with Gasteiger partial charge in [0.2, 0.25) is 11.8 Å². The van der Waals surface area contributed by atoms with Gasteiger partial charge in [-0.1, -0.05) is 0 Å². The monoisotopic (exact) mass is 186 g/mol. The summed E-state index contributed by atoms with van der Waals surface area (Å²) in [5, 5.41) is 11.8. The van der Waals surface area contributed by atoms with Crippen LogP contribution in [0.1, 0.15) is 13.3 Å². The summed E-state index contributed by atoms with van der Waals surface area (Å²) in [5.41, 5.74) is 0. The van der Waals surface area contributed by atoms with Gasteiger partial charge in [0.05, 0.1) is 18.6 Å². The molecule has 0 aliphatic carbocycles. The quantitative estimate of drug-likeness (QED) is 0.538. The van der Waals surface area contributed by atoms with Crippen LogP contribution < -0.4 is 5.32 Å². The van der Waals surface area contributed by atoms with Crippen LogP contribution in [0.5, 0.6) is 0 Å². The molecule has 1 fully saturated rings. The van der Waals surface area contributed by atoms with E-state index in [1.807, 2.05) is 0 Å². The van der Waals surface area contributed by atoms with Crippen LogP contribution in [0.3, 0.4) is 0 Å². The van der Waals surface area contributed by atoms with E-state index in [1.54, 1.807) is 6.92 Å². The van der Waals surface area contributed by atoms with Gasteiger partial charge in [0.25, 0.3) is 0 Å². The van der Waals surface area contributed by atoms with Gasteiger partial charge in [-0.2, -0.15) is 0 Å². The number of hydrogen-bond donors (Lipinski definition) is 2. The molecular weight excluding hydrogens is 172 g/mol. The lowest BCUT2D eigenvalue weighted by atomic mass is 10.2. The summed E-state index contributed by atoms with van der Waals surface area (Å²) in [6.07, 6.45) is -0.309. The smallest absolute Gasteiger partial charge is 0.246 e. The van der Waals surface area contributed by atoms with E-state index in [9.17, 15) is 9.59 Å². The minimum Gasteiger partial charge on any atom is -0.392 e. The maximum absolute atomic E-state index is 11.3. The number of aliphatic hydroxyl groups is 1. The van der Waals surface area contributed by atoms with Crippen molar-refractivity contribution in [1.82, 2.24) is 10.2 Å². The zero-order valence-electron chi connectivity index (χ0n) is 7.78. The third kappa shape index (κ3) is 2.26. The first-order valence-electron chi connectivity index (χ1n) is 4.24. The molecule has 0 radical (unpaired) electrons. The summed E-state index contributed by atoms with van der Waals surface area (Å²) in [7, 11) is 1.47. The van der Waals surface area contributed by atoms with Crippen molar-refractivity contribution in [3.63, 3.8) is 0 Å². The number of likely N-dealkylation sites (tertiary alicyclic amines) is 1. The molecule has 0 aromatic heterocycles. The third-order valence-electron chi connectivity index (χ3n) is 2.04. The molecule has 2 atom stereocenters. The Hall–Kier alpha value is -0.940. The Labute approximate surface area is 76.7 Å². The molecule has 13 heavy (non-hydrogen) atoms. The Balaban J connectivity index is 2.45. The Morgan fingerprint density at radius 1 is 1.69 bits per heavy atom. The normalized spacial score (nSPS) is 25.5. The zero-order chi connectivity index (χ0) is 10.0. The maximum Gasteiger partial charge on any atom is 0.246 e. The highest BCUT2D eigenvalue weighted by molar-refractivity contribution is 6.05. The molecule has 1 rings (SSSR count). The lowest BCUT2D eigenvalue weighted by Gasteiger charge is -2.11. The molecule has 2 unspecified atom stereocenters. The van der Waals surface area contributed by atoms with Crippen LogP contribution in [-0.2, 0) is 9.59 Å². The van der Waals surface area contributed by atoms with E-state index in [1.165, 1.54) is 7.05 Å². The van der Waals surface area contributed by atoms with Crippen molar-refractivity contribution in [2.24, 2.45) is 0 Å². The lowest BCUT2D eigenvalue weighted by Crippen LogP contribution is -2.40. The van der Waals surface area contributed by atoms with E-state index in [0.29, 0.717) is 6.54 Å². The number of carbonyl (C=O) groups is 2. The number of likely N-dealkylation sites (N-methyl/N-ethyl adjacent to an activating group) is 1. The fraction of sp³-hybridized carbons (Fsp3) is 0.750. The standard InChI is InChI=1S/C8H14N2O3/c1-5(11)4-9-6-3-7(12)10(2)8(6)13/h5-6,9,11H,3-4H2,1-2H3. The van der Waals surface area contributed by atoms with Gasteiger partial charge in [0, 0.05) is 13.6 Å². The predicted octanol–water partition coefficient (Wildman–Crippen LogP) is -1.29. The average Bonchev–Trinajstić information content (AvgIpc) is 2.29. The highest BCUT2D eigenvalue weighted by Crippen LogP contribution is 2.09. The van der Waals surface area contributed by atoms with Gasteiger partial charge in [-0.3, -0.25) is 14.5 Å². The van der Waals surface area contributed by atoms with Crippen molar-refractivity contribution in [3.05, 3.63) is 0 Å². The lowest BCUT2D eigenvalue weighted by molar-refractivity contribution is -0.137. The van der Waals surface area contributed by atoms with Gasteiger partial charge >= 0.3 is 0 Å². The summed E-state index contributed by atoms with van der Waals surface area (Å²) in [6, 6.07) is -0.452. The average molecular weight is 186 g/mol. The molecule has 1 saturated heterocycles. The fourth-order valence-electron chi connectivity index (χ4n) is 1.23. The fourth-order valence-corrected chi connectivity index (χ4v) is 1.23. The number of rotatable bonds is 3. The minimum absolute atomic E-state index is 0.173. The summed E-state index contributed by atoms with van der Waals surface area (Å²) in [6.45, 7) is 1.95. The van der Waals surface area contributed by atoms with Crippen LogP contribution in [0.15, 0.2) is 0 Å². The Morgan fingerprint density at radius 3 is 2.69 bits per heavy atom. The van der Waals surface area contributed by atoms with Crippen LogP contribution in [0.4, 0.5) is 0 Å². The number of imide groups is 1. The van der Waals surface area contributed by atoms with Crippen molar-refractivity contribution < 1.29 is 14.7 Å². The molecule has 5 heteroatoms. The first-order valence-corrected chi connectivity index (χ1v) is 4.24. The molecule has 1 heterocycles. The van der Waals surface area contributed by atoms with Gasteiger partial charge in [0.15, 0.2) is 0 Å². The van der Waals surface area contributed by atoms with Crippen molar-refractivity contribution in [2.75, 3.05) is 13.6 Å². The summed E-state index contributed by atoms with van der Waals surface area (Å²) >= 11 is 0. The van der Waals surface area contributed by atoms with Crippen LogP contribution in [0, 0.1) is 0 Å². The van der Waals surface area contributed by atoms with Crippen molar-refractivity contribution >= 4 is 11.8 Å². The maximum atomic E-state index is 11.3. The van der Waals surface area contributed by atoms with E-state index in [-0.39, 0.29) is 18.2 Å². The Bertz CT molecular complexity index is 227. The molecule has 0 aromatic rings. The third-order valence-corrected chi connectivity index (χ3v) is 2.04. The second-order valence-corrected chi connectivity index (χ2v) is 3.30. The number of aliphatic hydroxyl groups excluding tert-OH is 1. The van der Waals surface area contributed by atoms with E-state index in [2.05, 4.69) is 5.32 Å². The number of hydrogen-bond acceptors (Lipinski definition) is 4. The van der Waals surface area contributed by atoms with Crippen LogP contribution in [-0.4, -0.2) is 47.6 Å². The molecule has 5 nitrogen and oxygen atoms in total. The van der Waals surface area contributed by atoms with E-state index in [0.717, 1.165) is 4.90 Å². The van der Waals surface area contributed by atoms with Gasteiger partial charge in [0.1, 0.15) is 0 Å². The molecular formula is C8H14N2O3. The SMILES string of the molecule is CC(O)CNC1CC(=O)N(C)C1=O. The van der Waals surface area contributed by atoms with Gasteiger partial charge in [-0.25, -0.2) is 0 Å². The minimum atomic E-state index is -0.506. The molecule has 0 aromatic carbocycles. The van der Waals surface area contributed by atoms with E-state index >= 15 is 0 Å². The van der Waals surface area contributed by atoms with E-state index < -0.39 is 12.1 Å². The first kappa shape index (κ1) is 10.1. The molecule has 0 bridgehead atoms. The number of amides is 2. The highest BCUT2D eigenvalue weighted by atomic mass is 16.3. The molecule has 2 N–H and O–H groups in total. The summed E-state index contributed by atoms with van der Waals surface area (Å²) < 4.78 is 0.